The first-order valence-electron chi connectivity index (χ1n) is 6.61. The Labute approximate surface area is 112 Å². The third-order valence-corrected chi connectivity index (χ3v) is 3.85. The smallest absolute Gasteiger partial charge is 0.0640 e. The van der Waals surface area contributed by atoms with Crippen LogP contribution in [0.1, 0.15) is 48.6 Å². The molecule has 18 heavy (non-hydrogen) atoms. The molecule has 0 fully saturated rings. The van der Waals surface area contributed by atoms with Crippen molar-refractivity contribution in [1.82, 2.24) is 5.32 Å². The molecule has 0 amide bonds. The van der Waals surface area contributed by atoms with Crippen LogP contribution in [0, 0.1) is 20.8 Å². The Morgan fingerprint density at radius 3 is 2.17 bits per heavy atom. The molecule has 1 unspecified atom stereocenters. The van der Waals surface area contributed by atoms with Crippen molar-refractivity contribution < 1.29 is 4.74 Å². The first-order valence-corrected chi connectivity index (χ1v) is 6.61. The Hall–Kier alpha value is -0.860. The van der Waals surface area contributed by atoms with Crippen molar-refractivity contribution in [3.63, 3.8) is 0 Å². The lowest BCUT2D eigenvalue weighted by Gasteiger charge is -2.30. The van der Waals surface area contributed by atoms with Crippen LogP contribution in [-0.2, 0) is 4.74 Å². The molecule has 0 aliphatic carbocycles. The minimum absolute atomic E-state index is 0.112. The normalized spacial score (nSPS) is 13.7. The van der Waals surface area contributed by atoms with Gasteiger partial charge < -0.3 is 10.1 Å². The lowest BCUT2D eigenvalue weighted by Crippen LogP contribution is -2.30. The molecule has 0 heterocycles. The Morgan fingerprint density at radius 2 is 1.67 bits per heavy atom. The molecular formula is C16H27NO. The van der Waals surface area contributed by atoms with Crippen molar-refractivity contribution in [3.8, 4) is 0 Å². The van der Waals surface area contributed by atoms with Crippen molar-refractivity contribution in [1.29, 1.82) is 0 Å². The zero-order chi connectivity index (χ0) is 13.9. The van der Waals surface area contributed by atoms with Gasteiger partial charge >= 0.3 is 0 Å². The number of hydrogen-bond donors (Lipinski definition) is 1. The number of aryl methyl sites for hydroxylation is 3. The highest BCUT2D eigenvalue weighted by Gasteiger charge is 2.24. The first-order chi connectivity index (χ1) is 8.30. The zero-order valence-electron chi connectivity index (χ0n) is 12.8. The lowest BCUT2D eigenvalue weighted by atomic mass is 9.89. The lowest BCUT2D eigenvalue weighted by molar-refractivity contribution is 0.00740. The molecule has 0 spiro atoms. The van der Waals surface area contributed by atoms with Crippen LogP contribution in [0.15, 0.2) is 12.1 Å². The number of rotatable bonds is 5. The van der Waals surface area contributed by atoms with Crippen LogP contribution in [0.2, 0.25) is 0 Å². The fourth-order valence-electron chi connectivity index (χ4n) is 2.30. The Balaban J connectivity index is 3.06. The van der Waals surface area contributed by atoms with Crippen LogP contribution in [-0.4, -0.2) is 19.8 Å². The van der Waals surface area contributed by atoms with Gasteiger partial charge in [0.2, 0.25) is 0 Å². The molecule has 1 aromatic carbocycles. The van der Waals surface area contributed by atoms with Crippen molar-refractivity contribution in [2.45, 2.75) is 52.7 Å². The van der Waals surface area contributed by atoms with Gasteiger partial charge in [-0.25, -0.2) is 0 Å². The van der Waals surface area contributed by atoms with Gasteiger partial charge in [-0.3, -0.25) is 0 Å². The zero-order valence-corrected chi connectivity index (χ0v) is 12.8. The van der Waals surface area contributed by atoms with Gasteiger partial charge in [-0.1, -0.05) is 12.1 Å². The minimum Gasteiger partial charge on any atom is -0.379 e. The van der Waals surface area contributed by atoms with E-state index in [9.17, 15) is 0 Å². The Bertz CT molecular complexity index is 410. The third-order valence-electron chi connectivity index (χ3n) is 3.85. The summed E-state index contributed by atoms with van der Waals surface area (Å²) in [5, 5.41) is 3.42. The number of hydrogen-bond acceptors (Lipinski definition) is 2. The largest absolute Gasteiger partial charge is 0.379 e. The molecule has 1 atom stereocenters. The summed E-state index contributed by atoms with van der Waals surface area (Å²) >= 11 is 0. The summed E-state index contributed by atoms with van der Waals surface area (Å²) in [5.74, 6) is 0. The maximum atomic E-state index is 5.55. The van der Waals surface area contributed by atoms with E-state index < -0.39 is 0 Å². The molecule has 0 aliphatic heterocycles. The van der Waals surface area contributed by atoms with E-state index in [1.165, 1.54) is 22.3 Å². The van der Waals surface area contributed by atoms with E-state index in [-0.39, 0.29) is 5.60 Å². The molecule has 0 aromatic heterocycles. The molecule has 0 saturated heterocycles. The Kier molecular flexibility index (Phi) is 4.94. The molecule has 0 bridgehead atoms. The summed E-state index contributed by atoms with van der Waals surface area (Å²) in [6.45, 7) is 10.8. The van der Waals surface area contributed by atoms with Gasteiger partial charge in [-0.15, -0.1) is 0 Å². The third kappa shape index (κ3) is 3.56. The van der Waals surface area contributed by atoms with E-state index in [4.69, 9.17) is 4.74 Å². The fourth-order valence-corrected chi connectivity index (χ4v) is 2.30. The topological polar surface area (TPSA) is 21.3 Å². The number of benzene rings is 1. The summed E-state index contributed by atoms with van der Waals surface area (Å²) in [7, 11) is 3.80. The van der Waals surface area contributed by atoms with Gasteiger partial charge in [-0.2, -0.15) is 0 Å². The van der Waals surface area contributed by atoms with Crippen LogP contribution < -0.4 is 5.32 Å². The van der Waals surface area contributed by atoms with Gasteiger partial charge in [0.1, 0.15) is 0 Å². The second-order valence-electron chi connectivity index (χ2n) is 5.80. The van der Waals surface area contributed by atoms with Crippen molar-refractivity contribution in [2.75, 3.05) is 14.2 Å². The minimum atomic E-state index is -0.112. The van der Waals surface area contributed by atoms with Crippen LogP contribution in [0.3, 0.4) is 0 Å². The Morgan fingerprint density at radius 1 is 1.11 bits per heavy atom. The number of nitrogens with one attached hydrogen (secondary N) is 1. The quantitative estimate of drug-likeness (QED) is 0.859. The van der Waals surface area contributed by atoms with E-state index in [2.05, 4.69) is 52.1 Å². The van der Waals surface area contributed by atoms with Gasteiger partial charge in [0, 0.05) is 13.2 Å². The van der Waals surface area contributed by atoms with Crippen LogP contribution in [0.25, 0.3) is 0 Å². The second kappa shape index (κ2) is 5.85. The van der Waals surface area contributed by atoms with Gasteiger partial charge in [0.15, 0.2) is 0 Å². The van der Waals surface area contributed by atoms with Crippen molar-refractivity contribution in [3.05, 3.63) is 34.4 Å². The van der Waals surface area contributed by atoms with E-state index in [0.717, 1.165) is 6.42 Å². The monoisotopic (exact) mass is 249 g/mol. The average Bonchev–Trinajstić information content (AvgIpc) is 2.31. The van der Waals surface area contributed by atoms with Gasteiger partial charge in [0.05, 0.1) is 5.60 Å². The molecule has 0 radical (unpaired) electrons. The highest BCUT2D eigenvalue weighted by atomic mass is 16.5. The molecule has 1 rings (SSSR count). The van der Waals surface area contributed by atoms with Crippen LogP contribution >= 0.6 is 0 Å². The SMILES string of the molecule is CNC(CC(C)(C)OC)c1cc(C)c(C)cc1C. The highest BCUT2D eigenvalue weighted by molar-refractivity contribution is 5.38. The van der Waals surface area contributed by atoms with Gasteiger partial charge in [-0.05, 0) is 70.3 Å². The van der Waals surface area contributed by atoms with E-state index in [0.29, 0.717) is 6.04 Å². The second-order valence-corrected chi connectivity index (χ2v) is 5.80. The van der Waals surface area contributed by atoms with Crippen LogP contribution in [0.5, 0.6) is 0 Å². The maximum absolute atomic E-state index is 5.55. The predicted octanol–water partition coefficient (Wildman–Crippen LogP) is 3.69. The number of ether oxygens (including phenoxy) is 1. The molecule has 0 aliphatic rings. The standard InChI is InChI=1S/C16H27NO/c1-11-8-13(3)14(9-12(11)2)15(17-6)10-16(4,5)18-7/h8-9,15,17H,10H2,1-7H3. The molecule has 1 aromatic rings. The molecule has 1 N–H and O–H groups in total. The van der Waals surface area contributed by atoms with Crippen molar-refractivity contribution >= 4 is 0 Å². The van der Waals surface area contributed by atoms with Gasteiger partial charge in [0.25, 0.3) is 0 Å². The maximum Gasteiger partial charge on any atom is 0.0640 e. The summed E-state index contributed by atoms with van der Waals surface area (Å²) in [6.07, 6.45) is 0.962. The molecule has 102 valence electrons. The summed E-state index contributed by atoms with van der Waals surface area (Å²) in [5.41, 5.74) is 5.33. The van der Waals surface area contributed by atoms with E-state index in [1.807, 2.05) is 7.05 Å². The molecular weight excluding hydrogens is 222 g/mol. The summed E-state index contributed by atoms with van der Waals surface area (Å²) in [6, 6.07) is 4.91. The molecule has 2 nitrogen and oxygen atoms in total. The molecule has 0 saturated carbocycles. The summed E-state index contributed by atoms with van der Waals surface area (Å²) in [4.78, 5) is 0. The first kappa shape index (κ1) is 15.2. The number of methoxy groups -OCH3 is 1. The van der Waals surface area contributed by atoms with E-state index >= 15 is 0 Å². The fraction of sp³-hybridized carbons (Fsp3) is 0.625. The van der Waals surface area contributed by atoms with Crippen LogP contribution in [0.4, 0.5) is 0 Å². The van der Waals surface area contributed by atoms with E-state index in [1.54, 1.807) is 7.11 Å². The predicted molar refractivity (Wildman–Crippen MR) is 78.2 cm³/mol. The highest BCUT2D eigenvalue weighted by Crippen LogP contribution is 2.29. The molecule has 2 heteroatoms. The average molecular weight is 249 g/mol. The van der Waals surface area contributed by atoms with Crippen molar-refractivity contribution in [2.24, 2.45) is 0 Å². The summed E-state index contributed by atoms with van der Waals surface area (Å²) < 4.78 is 5.55.